The van der Waals surface area contributed by atoms with Crippen LogP contribution in [0.3, 0.4) is 0 Å². The number of ether oxygens (including phenoxy) is 1. The molecular formula is C8H9Cl2FN2O. The fraction of sp³-hybridized carbons (Fsp3) is 0.500. The summed E-state index contributed by atoms with van der Waals surface area (Å²) in [6, 6.07) is 0. The van der Waals surface area contributed by atoms with Gasteiger partial charge in [-0.05, 0) is 6.92 Å². The van der Waals surface area contributed by atoms with E-state index in [-0.39, 0.29) is 16.4 Å². The predicted molar refractivity (Wildman–Crippen MR) is 52.2 cm³/mol. The van der Waals surface area contributed by atoms with Gasteiger partial charge in [-0.1, -0.05) is 23.2 Å². The van der Waals surface area contributed by atoms with Crippen LogP contribution in [0.4, 0.5) is 4.39 Å². The minimum absolute atomic E-state index is 0.0624. The molecule has 0 amide bonds. The highest BCUT2D eigenvalue weighted by molar-refractivity contribution is 6.33. The average molecular weight is 239 g/mol. The zero-order valence-electron chi connectivity index (χ0n) is 7.72. The first-order valence-corrected chi connectivity index (χ1v) is 4.70. The summed E-state index contributed by atoms with van der Waals surface area (Å²) in [5, 5.41) is -0.522. The lowest BCUT2D eigenvalue weighted by Gasteiger charge is -2.08. The SMILES string of the molecule is COC(C)Cc1nc(Cl)c(F)c(Cl)n1. The molecule has 0 aliphatic heterocycles. The smallest absolute Gasteiger partial charge is 0.197 e. The molecule has 6 heteroatoms. The Morgan fingerprint density at radius 1 is 1.36 bits per heavy atom. The van der Waals surface area contributed by atoms with Crippen LogP contribution in [0.2, 0.25) is 10.3 Å². The van der Waals surface area contributed by atoms with Crippen LogP contribution in [0, 0.1) is 5.82 Å². The van der Waals surface area contributed by atoms with Gasteiger partial charge in [-0.25, -0.2) is 14.4 Å². The predicted octanol–water partition coefficient (Wildman–Crippen LogP) is 2.50. The molecule has 0 saturated carbocycles. The summed E-state index contributed by atoms with van der Waals surface area (Å²) in [6.07, 6.45) is 0.378. The van der Waals surface area contributed by atoms with Crippen LogP contribution in [-0.4, -0.2) is 23.2 Å². The topological polar surface area (TPSA) is 35.0 Å². The molecule has 1 aromatic rings. The Morgan fingerprint density at radius 3 is 2.29 bits per heavy atom. The van der Waals surface area contributed by atoms with E-state index in [0.717, 1.165) is 0 Å². The summed E-state index contributed by atoms with van der Waals surface area (Å²) in [5.41, 5.74) is 0. The number of halogens is 3. The third-order valence-corrected chi connectivity index (χ3v) is 2.19. The van der Waals surface area contributed by atoms with E-state index in [2.05, 4.69) is 9.97 Å². The Bertz CT molecular complexity index is 312. The number of aromatic nitrogens is 2. The Balaban J connectivity index is 2.89. The number of methoxy groups -OCH3 is 1. The minimum atomic E-state index is -0.790. The lowest BCUT2D eigenvalue weighted by molar-refractivity contribution is 0.117. The molecule has 1 aromatic heterocycles. The molecular weight excluding hydrogens is 230 g/mol. The van der Waals surface area contributed by atoms with Crippen LogP contribution in [0.15, 0.2) is 0 Å². The Hall–Kier alpha value is -0.450. The Morgan fingerprint density at radius 2 is 1.86 bits per heavy atom. The second-order valence-corrected chi connectivity index (χ2v) is 3.50. The van der Waals surface area contributed by atoms with E-state index in [1.807, 2.05) is 6.92 Å². The molecule has 0 saturated heterocycles. The molecule has 0 spiro atoms. The molecule has 0 bridgehead atoms. The van der Waals surface area contributed by atoms with Crippen molar-refractivity contribution in [3.63, 3.8) is 0 Å². The van der Waals surface area contributed by atoms with Crippen LogP contribution in [0.5, 0.6) is 0 Å². The van der Waals surface area contributed by atoms with Gasteiger partial charge in [-0.3, -0.25) is 0 Å². The molecule has 0 N–H and O–H groups in total. The number of rotatable bonds is 3. The summed E-state index contributed by atoms with van der Waals surface area (Å²) in [5.74, 6) is -0.419. The highest BCUT2D eigenvalue weighted by Crippen LogP contribution is 2.19. The van der Waals surface area contributed by atoms with Gasteiger partial charge in [0.15, 0.2) is 16.1 Å². The Kier molecular flexibility index (Phi) is 4.04. The van der Waals surface area contributed by atoms with Crippen LogP contribution >= 0.6 is 23.2 Å². The van der Waals surface area contributed by atoms with Crippen molar-refractivity contribution in [2.24, 2.45) is 0 Å². The molecule has 14 heavy (non-hydrogen) atoms. The normalized spacial score (nSPS) is 12.9. The zero-order chi connectivity index (χ0) is 10.7. The molecule has 3 nitrogen and oxygen atoms in total. The van der Waals surface area contributed by atoms with Crippen molar-refractivity contribution in [1.29, 1.82) is 0 Å². The summed E-state index contributed by atoms with van der Waals surface area (Å²) in [7, 11) is 1.57. The van der Waals surface area contributed by atoms with Gasteiger partial charge in [0, 0.05) is 13.5 Å². The van der Waals surface area contributed by atoms with Crippen LogP contribution in [0.1, 0.15) is 12.7 Å². The summed E-state index contributed by atoms with van der Waals surface area (Å²) >= 11 is 11.0. The van der Waals surface area contributed by atoms with E-state index in [1.54, 1.807) is 7.11 Å². The molecule has 0 radical (unpaired) electrons. The largest absolute Gasteiger partial charge is 0.381 e. The van der Waals surface area contributed by atoms with E-state index in [1.165, 1.54) is 0 Å². The third-order valence-electron chi connectivity index (χ3n) is 1.69. The van der Waals surface area contributed by atoms with E-state index < -0.39 is 5.82 Å². The van der Waals surface area contributed by atoms with E-state index >= 15 is 0 Å². The second kappa shape index (κ2) is 4.87. The van der Waals surface area contributed by atoms with Crippen molar-refractivity contribution >= 4 is 23.2 Å². The lowest BCUT2D eigenvalue weighted by atomic mass is 10.3. The lowest BCUT2D eigenvalue weighted by Crippen LogP contribution is -2.12. The van der Waals surface area contributed by atoms with Gasteiger partial charge in [0.05, 0.1) is 6.10 Å². The van der Waals surface area contributed by atoms with Crippen molar-refractivity contribution in [2.45, 2.75) is 19.4 Å². The molecule has 1 atom stereocenters. The van der Waals surface area contributed by atoms with Crippen LogP contribution < -0.4 is 0 Å². The fourth-order valence-electron chi connectivity index (χ4n) is 0.867. The molecule has 1 unspecified atom stereocenters. The quantitative estimate of drug-likeness (QED) is 0.760. The van der Waals surface area contributed by atoms with E-state index in [0.29, 0.717) is 12.2 Å². The first kappa shape index (κ1) is 11.6. The monoisotopic (exact) mass is 238 g/mol. The number of hydrogen-bond acceptors (Lipinski definition) is 3. The fourth-order valence-corrected chi connectivity index (χ4v) is 1.29. The average Bonchev–Trinajstić information content (AvgIpc) is 2.14. The van der Waals surface area contributed by atoms with E-state index in [4.69, 9.17) is 27.9 Å². The highest BCUT2D eigenvalue weighted by atomic mass is 35.5. The molecule has 0 aromatic carbocycles. The molecule has 1 heterocycles. The van der Waals surface area contributed by atoms with Gasteiger partial charge >= 0.3 is 0 Å². The maximum Gasteiger partial charge on any atom is 0.197 e. The third kappa shape index (κ3) is 2.77. The molecule has 0 fully saturated rings. The maximum absolute atomic E-state index is 12.9. The number of hydrogen-bond donors (Lipinski definition) is 0. The van der Waals surface area contributed by atoms with Gasteiger partial charge in [-0.2, -0.15) is 0 Å². The van der Waals surface area contributed by atoms with Crippen molar-refractivity contribution in [1.82, 2.24) is 9.97 Å². The highest BCUT2D eigenvalue weighted by Gasteiger charge is 2.12. The van der Waals surface area contributed by atoms with Gasteiger partial charge in [0.2, 0.25) is 0 Å². The first-order valence-electron chi connectivity index (χ1n) is 3.94. The van der Waals surface area contributed by atoms with Crippen molar-refractivity contribution < 1.29 is 9.13 Å². The van der Waals surface area contributed by atoms with Crippen molar-refractivity contribution in [3.05, 3.63) is 21.9 Å². The first-order chi connectivity index (χ1) is 6.54. The standard InChI is InChI=1S/C8H9Cl2FN2O/c1-4(14-2)3-5-12-7(9)6(11)8(10)13-5/h4H,3H2,1-2H3. The van der Waals surface area contributed by atoms with Crippen molar-refractivity contribution in [2.75, 3.05) is 7.11 Å². The molecule has 78 valence electrons. The number of nitrogens with zero attached hydrogens (tertiary/aromatic N) is 2. The summed E-state index contributed by atoms with van der Waals surface area (Å²) in [6.45, 7) is 1.84. The minimum Gasteiger partial charge on any atom is -0.381 e. The zero-order valence-corrected chi connectivity index (χ0v) is 9.23. The van der Waals surface area contributed by atoms with Crippen LogP contribution in [-0.2, 0) is 11.2 Å². The van der Waals surface area contributed by atoms with Gasteiger partial charge in [-0.15, -0.1) is 0 Å². The summed E-state index contributed by atoms with van der Waals surface area (Å²) in [4.78, 5) is 7.47. The van der Waals surface area contributed by atoms with Gasteiger partial charge in [0.25, 0.3) is 0 Å². The van der Waals surface area contributed by atoms with Gasteiger partial charge < -0.3 is 4.74 Å². The van der Waals surface area contributed by atoms with Crippen LogP contribution in [0.25, 0.3) is 0 Å². The van der Waals surface area contributed by atoms with Crippen molar-refractivity contribution in [3.8, 4) is 0 Å². The molecule has 1 rings (SSSR count). The maximum atomic E-state index is 12.9. The molecule has 0 aliphatic carbocycles. The molecule has 0 aliphatic rings. The summed E-state index contributed by atoms with van der Waals surface area (Å²) < 4.78 is 17.9. The second-order valence-electron chi connectivity index (χ2n) is 2.79. The Labute approximate surface area is 91.2 Å². The van der Waals surface area contributed by atoms with E-state index in [9.17, 15) is 4.39 Å². The van der Waals surface area contributed by atoms with Gasteiger partial charge in [0.1, 0.15) is 5.82 Å².